The fraction of sp³-hybridized carbons (Fsp3) is 0.200. The quantitative estimate of drug-likeness (QED) is 0.476. The lowest BCUT2D eigenvalue weighted by atomic mass is 9.77. The summed E-state index contributed by atoms with van der Waals surface area (Å²) in [5.74, 6) is -1.15. The highest BCUT2D eigenvalue weighted by Gasteiger charge is 2.37. The van der Waals surface area contributed by atoms with Gasteiger partial charge in [-0.25, -0.2) is 0 Å². The summed E-state index contributed by atoms with van der Waals surface area (Å²) < 4.78 is 0. The molecule has 0 saturated heterocycles. The predicted octanol–water partition coefficient (Wildman–Crippen LogP) is 3.68. The van der Waals surface area contributed by atoms with Gasteiger partial charge in [-0.3, -0.25) is 9.59 Å². The van der Waals surface area contributed by atoms with E-state index in [2.05, 4.69) is 5.32 Å². The fourth-order valence-electron chi connectivity index (χ4n) is 3.70. The summed E-state index contributed by atoms with van der Waals surface area (Å²) in [7, 11) is 0. The average molecular weight is 402 g/mol. The van der Waals surface area contributed by atoms with Gasteiger partial charge in [0.2, 0.25) is 5.91 Å². The van der Waals surface area contributed by atoms with Crippen LogP contribution in [0.4, 0.5) is 0 Å². The molecule has 0 bridgehead atoms. The lowest BCUT2D eigenvalue weighted by molar-refractivity contribution is -0.137. The smallest absolute Gasteiger partial charge is 0.304 e. The second kappa shape index (κ2) is 9.85. The van der Waals surface area contributed by atoms with Gasteiger partial charge in [-0.15, -0.1) is 0 Å². The molecule has 154 valence electrons. The van der Waals surface area contributed by atoms with Gasteiger partial charge in [-0.1, -0.05) is 91.0 Å². The molecule has 1 atom stereocenters. The van der Waals surface area contributed by atoms with Crippen LogP contribution in [0.2, 0.25) is 0 Å². The lowest BCUT2D eigenvalue weighted by Gasteiger charge is -2.37. The first-order valence-corrected chi connectivity index (χ1v) is 9.97. The van der Waals surface area contributed by atoms with Gasteiger partial charge in [0.25, 0.3) is 0 Å². The van der Waals surface area contributed by atoms with E-state index in [-0.39, 0.29) is 18.7 Å². The highest BCUT2D eigenvalue weighted by Crippen LogP contribution is 2.36. The number of carbonyl (C=O) groups excluding carboxylic acids is 1. The van der Waals surface area contributed by atoms with Crippen molar-refractivity contribution in [1.82, 2.24) is 5.32 Å². The van der Waals surface area contributed by atoms with Crippen molar-refractivity contribution in [3.63, 3.8) is 0 Å². The molecule has 3 aromatic rings. The van der Waals surface area contributed by atoms with Crippen molar-refractivity contribution in [1.29, 1.82) is 0 Å². The number of hydrogen-bond donors (Lipinski definition) is 3. The van der Waals surface area contributed by atoms with Gasteiger partial charge < -0.3 is 16.2 Å². The van der Waals surface area contributed by atoms with Gasteiger partial charge in [0.1, 0.15) is 5.54 Å². The van der Waals surface area contributed by atoms with Crippen LogP contribution in [0.3, 0.4) is 0 Å². The average Bonchev–Trinajstić information content (AvgIpc) is 2.77. The van der Waals surface area contributed by atoms with Crippen molar-refractivity contribution in [2.75, 3.05) is 0 Å². The molecule has 0 aliphatic heterocycles. The van der Waals surface area contributed by atoms with E-state index in [1.807, 2.05) is 91.0 Å². The molecule has 0 radical (unpaired) electrons. The molecule has 30 heavy (non-hydrogen) atoms. The van der Waals surface area contributed by atoms with Crippen LogP contribution in [0.15, 0.2) is 91.0 Å². The van der Waals surface area contributed by atoms with E-state index in [9.17, 15) is 9.59 Å². The number of nitrogens with one attached hydrogen (secondary N) is 1. The number of aliphatic carboxylic acids is 1. The van der Waals surface area contributed by atoms with Crippen molar-refractivity contribution in [2.45, 2.75) is 30.8 Å². The zero-order valence-electron chi connectivity index (χ0n) is 16.7. The van der Waals surface area contributed by atoms with Crippen LogP contribution >= 0.6 is 0 Å². The molecule has 0 spiro atoms. The zero-order valence-corrected chi connectivity index (χ0v) is 16.7. The molecule has 4 N–H and O–H groups in total. The summed E-state index contributed by atoms with van der Waals surface area (Å²) in [6, 6.07) is 28.9. The first-order valence-electron chi connectivity index (χ1n) is 9.97. The number of rotatable bonds is 9. The molecule has 3 aromatic carbocycles. The van der Waals surface area contributed by atoms with Gasteiger partial charge in [0.05, 0.1) is 6.42 Å². The summed E-state index contributed by atoms with van der Waals surface area (Å²) in [6.45, 7) is 0. The summed E-state index contributed by atoms with van der Waals surface area (Å²) in [6.07, 6.45) is 0.282. The van der Waals surface area contributed by atoms with Crippen LogP contribution in [-0.4, -0.2) is 23.0 Å². The van der Waals surface area contributed by atoms with E-state index >= 15 is 0 Å². The Morgan fingerprint density at radius 1 is 0.800 bits per heavy atom. The van der Waals surface area contributed by atoms with Gasteiger partial charge in [0, 0.05) is 12.5 Å². The maximum Gasteiger partial charge on any atom is 0.304 e. The van der Waals surface area contributed by atoms with Crippen LogP contribution in [0, 0.1) is 0 Å². The van der Waals surface area contributed by atoms with Crippen LogP contribution in [0.25, 0.3) is 0 Å². The number of hydrogen-bond acceptors (Lipinski definition) is 3. The molecule has 0 saturated carbocycles. The van der Waals surface area contributed by atoms with E-state index in [0.29, 0.717) is 6.42 Å². The van der Waals surface area contributed by atoms with E-state index in [1.54, 1.807) is 0 Å². The molecular formula is C25H26N2O3. The second-order valence-electron chi connectivity index (χ2n) is 7.29. The van der Waals surface area contributed by atoms with Crippen molar-refractivity contribution in [3.05, 3.63) is 108 Å². The normalized spacial score (nSPS) is 12.2. The SMILES string of the molecule is NC(CCC(=O)NC(c1ccccc1)(c1ccccc1)c1ccccc1)CC(=O)O. The molecule has 0 heterocycles. The number of carbonyl (C=O) groups is 2. The number of nitrogens with two attached hydrogens (primary N) is 1. The number of amides is 1. The molecule has 1 amide bonds. The van der Waals surface area contributed by atoms with Crippen LogP contribution in [0.5, 0.6) is 0 Å². The van der Waals surface area contributed by atoms with E-state index < -0.39 is 17.6 Å². The molecule has 5 nitrogen and oxygen atoms in total. The molecule has 1 unspecified atom stereocenters. The zero-order chi connectivity index (χ0) is 21.4. The summed E-state index contributed by atoms with van der Waals surface area (Å²) >= 11 is 0. The summed E-state index contributed by atoms with van der Waals surface area (Å²) in [4.78, 5) is 23.9. The first-order chi connectivity index (χ1) is 14.5. The fourth-order valence-corrected chi connectivity index (χ4v) is 3.70. The Balaban J connectivity index is 2.01. The third-order valence-corrected chi connectivity index (χ3v) is 5.13. The van der Waals surface area contributed by atoms with Crippen molar-refractivity contribution in [2.24, 2.45) is 5.73 Å². The first kappa shape index (κ1) is 21.3. The van der Waals surface area contributed by atoms with Gasteiger partial charge in [0.15, 0.2) is 0 Å². The van der Waals surface area contributed by atoms with Crippen molar-refractivity contribution >= 4 is 11.9 Å². The third-order valence-electron chi connectivity index (χ3n) is 5.13. The molecule has 5 heteroatoms. The monoisotopic (exact) mass is 402 g/mol. The van der Waals surface area contributed by atoms with E-state index in [4.69, 9.17) is 10.8 Å². The second-order valence-corrected chi connectivity index (χ2v) is 7.29. The van der Waals surface area contributed by atoms with Crippen molar-refractivity contribution in [3.8, 4) is 0 Å². The Kier molecular flexibility index (Phi) is 6.99. The molecule has 0 fully saturated rings. The number of benzene rings is 3. The predicted molar refractivity (Wildman–Crippen MR) is 117 cm³/mol. The number of carboxylic acid groups (broad SMARTS) is 1. The van der Waals surface area contributed by atoms with Gasteiger partial charge in [-0.2, -0.15) is 0 Å². The lowest BCUT2D eigenvalue weighted by Crippen LogP contribution is -2.48. The van der Waals surface area contributed by atoms with Crippen molar-refractivity contribution < 1.29 is 14.7 Å². The Bertz CT molecular complexity index is 863. The topological polar surface area (TPSA) is 92.4 Å². The minimum atomic E-state index is -0.963. The van der Waals surface area contributed by atoms with Crippen LogP contribution in [-0.2, 0) is 15.1 Å². The number of carboxylic acids is 1. The van der Waals surface area contributed by atoms with Gasteiger partial charge in [-0.05, 0) is 23.1 Å². The van der Waals surface area contributed by atoms with Gasteiger partial charge >= 0.3 is 5.97 Å². The molecule has 0 aliphatic rings. The highest BCUT2D eigenvalue weighted by atomic mass is 16.4. The van der Waals surface area contributed by atoms with Crippen LogP contribution in [0.1, 0.15) is 36.0 Å². The Morgan fingerprint density at radius 2 is 1.20 bits per heavy atom. The summed E-state index contributed by atoms with van der Waals surface area (Å²) in [5.41, 5.74) is 7.79. The highest BCUT2D eigenvalue weighted by molar-refractivity contribution is 5.79. The standard InChI is InChI=1S/C25H26N2O3/c26-22(18-24(29)30)16-17-23(28)27-25(19-10-4-1-5-11-19,20-12-6-2-7-13-20)21-14-8-3-9-15-21/h1-15,22H,16-18,26H2,(H,27,28)(H,29,30). The maximum atomic E-state index is 13.1. The van der Waals surface area contributed by atoms with E-state index in [1.165, 1.54) is 0 Å². The van der Waals surface area contributed by atoms with E-state index in [0.717, 1.165) is 16.7 Å². The summed E-state index contributed by atoms with van der Waals surface area (Å²) in [5, 5.41) is 12.1. The molecular weight excluding hydrogens is 376 g/mol. The molecule has 0 aromatic heterocycles. The third kappa shape index (κ3) is 4.93. The molecule has 3 rings (SSSR count). The van der Waals surface area contributed by atoms with Crippen LogP contribution < -0.4 is 11.1 Å². The largest absolute Gasteiger partial charge is 0.481 e. The minimum Gasteiger partial charge on any atom is -0.481 e. The minimum absolute atomic E-state index is 0.142. The molecule has 0 aliphatic carbocycles. The Labute approximate surface area is 176 Å². The Hall–Kier alpha value is -3.44. The Morgan fingerprint density at radius 3 is 1.57 bits per heavy atom. The maximum absolute atomic E-state index is 13.1.